The maximum absolute atomic E-state index is 12.6. The number of hydrogen-bond acceptors (Lipinski definition) is 5. The standard InChI is InChI=1S/C16H20N4O2S/c1-16(2,3)20-14(10-7-23-8-12(10)18-20)17-15(21)11-6-13(22-19-11)9-4-5-9/h6,9H,4-5,7-8H2,1-3H3,(H,17,21). The van der Waals surface area contributed by atoms with E-state index < -0.39 is 0 Å². The van der Waals surface area contributed by atoms with E-state index in [1.165, 1.54) is 0 Å². The highest BCUT2D eigenvalue weighted by Crippen LogP contribution is 2.40. The van der Waals surface area contributed by atoms with Crippen LogP contribution in [0.4, 0.5) is 5.82 Å². The molecular formula is C16H20N4O2S. The third kappa shape index (κ3) is 2.67. The monoisotopic (exact) mass is 332 g/mol. The zero-order valence-corrected chi connectivity index (χ0v) is 14.4. The van der Waals surface area contributed by atoms with Gasteiger partial charge in [0.15, 0.2) is 5.69 Å². The van der Waals surface area contributed by atoms with Crippen LogP contribution >= 0.6 is 11.8 Å². The molecule has 0 bridgehead atoms. The lowest BCUT2D eigenvalue weighted by Crippen LogP contribution is -2.27. The van der Waals surface area contributed by atoms with Gasteiger partial charge in [-0.05, 0) is 33.6 Å². The van der Waals surface area contributed by atoms with E-state index in [2.05, 4.69) is 36.3 Å². The van der Waals surface area contributed by atoms with E-state index in [-0.39, 0.29) is 11.4 Å². The lowest BCUT2D eigenvalue weighted by molar-refractivity contribution is 0.101. The second-order valence-corrected chi connectivity index (χ2v) is 8.18. The zero-order valence-electron chi connectivity index (χ0n) is 13.5. The largest absolute Gasteiger partial charge is 0.360 e. The number of nitrogens with zero attached hydrogens (tertiary/aromatic N) is 3. The predicted octanol–water partition coefficient (Wildman–Crippen LogP) is 3.50. The summed E-state index contributed by atoms with van der Waals surface area (Å²) in [6, 6.07) is 1.76. The number of amides is 1. The summed E-state index contributed by atoms with van der Waals surface area (Å²) in [6.45, 7) is 6.25. The molecule has 4 rings (SSSR count). The Hall–Kier alpha value is -1.76. The quantitative estimate of drug-likeness (QED) is 0.931. The highest BCUT2D eigenvalue weighted by atomic mass is 32.2. The van der Waals surface area contributed by atoms with Crippen molar-refractivity contribution in [3.05, 3.63) is 28.8 Å². The van der Waals surface area contributed by atoms with Gasteiger partial charge >= 0.3 is 0 Å². The minimum Gasteiger partial charge on any atom is -0.360 e. The van der Waals surface area contributed by atoms with Gasteiger partial charge in [0.2, 0.25) is 0 Å². The van der Waals surface area contributed by atoms with Crippen molar-refractivity contribution >= 4 is 23.5 Å². The van der Waals surface area contributed by atoms with Crippen LogP contribution in [0, 0.1) is 0 Å². The Labute approximate surface area is 139 Å². The molecule has 0 radical (unpaired) electrons. The molecule has 1 N–H and O–H groups in total. The molecule has 2 aromatic rings. The van der Waals surface area contributed by atoms with Crippen molar-refractivity contribution in [1.82, 2.24) is 14.9 Å². The van der Waals surface area contributed by atoms with Crippen molar-refractivity contribution in [3.8, 4) is 0 Å². The van der Waals surface area contributed by atoms with Crippen LogP contribution in [-0.4, -0.2) is 20.8 Å². The molecule has 0 aromatic carbocycles. The van der Waals surface area contributed by atoms with E-state index in [9.17, 15) is 4.79 Å². The number of hydrogen-bond donors (Lipinski definition) is 1. The van der Waals surface area contributed by atoms with E-state index in [0.717, 1.165) is 47.2 Å². The predicted molar refractivity (Wildman–Crippen MR) is 88.7 cm³/mol. The third-order valence-electron chi connectivity index (χ3n) is 4.16. The first-order valence-electron chi connectivity index (χ1n) is 7.90. The Bertz CT molecular complexity index is 768. The first-order valence-corrected chi connectivity index (χ1v) is 9.06. The summed E-state index contributed by atoms with van der Waals surface area (Å²) in [7, 11) is 0. The lowest BCUT2D eigenvalue weighted by atomic mass is 10.1. The molecule has 1 aliphatic heterocycles. The van der Waals surface area contributed by atoms with E-state index in [0.29, 0.717) is 11.6 Å². The SMILES string of the molecule is CC(C)(C)n1nc2c(c1NC(=O)c1cc(C3CC3)on1)CSC2. The number of rotatable bonds is 3. The zero-order chi connectivity index (χ0) is 16.2. The van der Waals surface area contributed by atoms with E-state index in [1.807, 2.05) is 16.4 Å². The highest BCUT2D eigenvalue weighted by Gasteiger charge is 2.31. The van der Waals surface area contributed by atoms with Gasteiger partial charge < -0.3 is 9.84 Å². The van der Waals surface area contributed by atoms with Gasteiger partial charge in [0.05, 0.1) is 11.2 Å². The normalized spacial score (nSPS) is 17.3. The van der Waals surface area contributed by atoms with Gasteiger partial charge in [-0.25, -0.2) is 4.68 Å². The molecule has 0 atom stereocenters. The summed E-state index contributed by atoms with van der Waals surface area (Å²) in [5, 5.41) is 11.6. The Morgan fingerprint density at radius 1 is 1.39 bits per heavy atom. The van der Waals surface area contributed by atoms with Gasteiger partial charge in [0, 0.05) is 29.1 Å². The average molecular weight is 332 g/mol. The molecule has 1 aliphatic carbocycles. The minimum absolute atomic E-state index is 0.194. The molecule has 0 spiro atoms. The highest BCUT2D eigenvalue weighted by molar-refractivity contribution is 7.98. The Kier molecular flexibility index (Phi) is 3.30. The molecule has 0 saturated heterocycles. The first-order chi connectivity index (χ1) is 10.9. The first kappa shape index (κ1) is 14.8. The van der Waals surface area contributed by atoms with Crippen LogP contribution in [0.25, 0.3) is 0 Å². The van der Waals surface area contributed by atoms with Crippen molar-refractivity contribution in [1.29, 1.82) is 0 Å². The number of aromatic nitrogens is 3. The van der Waals surface area contributed by atoms with Gasteiger partial charge in [0.25, 0.3) is 5.91 Å². The van der Waals surface area contributed by atoms with Crippen LogP contribution in [0.5, 0.6) is 0 Å². The van der Waals surface area contributed by atoms with Crippen molar-refractivity contribution in [3.63, 3.8) is 0 Å². The van der Waals surface area contributed by atoms with Crippen LogP contribution in [0.15, 0.2) is 10.6 Å². The molecule has 1 saturated carbocycles. The second-order valence-electron chi connectivity index (χ2n) is 7.19. The summed E-state index contributed by atoms with van der Waals surface area (Å²) < 4.78 is 7.20. The van der Waals surface area contributed by atoms with Crippen molar-refractivity contribution in [2.24, 2.45) is 0 Å². The van der Waals surface area contributed by atoms with Gasteiger partial charge in [0.1, 0.15) is 11.6 Å². The smallest absolute Gasteiger partial charge is 0.279 e. The summed E-state index contributed by atoms with van der Waals surface area (Å²) in [6.07, 6.45) is 2.25. The molecule has 2 aliphatic rings. The van der Waals surface area contributed by atoms with Crippen LogP contribution in [0.3, 0.4) is 0 Å². The average Bonchev–Trinajstić information content (AvgIpc) is 2.93. The summed E-state index contributed by atoms with van der Waals surface area (Å²) in [5.74, 6) is 3.61. The maximum Gasteiger partial charge on any atom is 0.279 e. The summed E-state index contributed by atoms with van der Waals surface area (Å²) in [5.41, 5.74) is 2.34. The molecular weight excluding hydrogens is 312 g/mol. The Morgan fingerprint density at radius 3 is 2.87 bits per heavy atom. The molecule has 1 amide bonds. The van der Waals surface area contributed by atoms with Crippen LogP contribution in [-0.2, 0) is 17.0 Å². The molecule has 2 aromatic heterocycles. The second kappa shape index (κ2) is 5.12. The fourth-order valence-corrected chi connectivity index (χ4v) is 3.79. The van der Waals surface area contributed by atoms with Gasteiger partial charge in [-0.2, -0.15) is 16.9 Å². The molecule has 0 unspecified atom stereocenters. The Balaban J connectivity index is 1.63. The van der Waals surface area contributed by atoms with Crippen molar-refractivity contribution in [2.45, 2.75) is 56.6 Å². The summed E-state index contributed by atoms with van der Waals surface area (Å²) in [4.78, 5) is 12.6. The van der Waals surface area contributed by atoms with E-state index in [1.54, 1.807) is 6.07 Å². The number of carbonyl (C=O) groups excluding carboxylic acids is 1. The number of carbonyl (C=O) groups is 1. The van der Waals surface area contributed by atoms with Crippen molar-refractivity contribution in [2.75, 3.05) is 5.32 Å². The fraction of sp³-hybridized carbons (Fsp3) is 0.562. The maximum atomic E-state index is 12.6. The molecule has 3 heterocycles. The topological polar surface area (TPSA) is 73.0 Å². The number of anilines is 1. The number of fused-ring (bicyclic) bond motifs is 1. The van der Waals surface area contributed by atoms with Gasteiger partial charge in [-0.3, -0.25) is 4.79 Å². The molecule has 6 nitrogen and oxygen atoms in total. The third-order valence-corrected chi connectivity index (χ3v) is 5.13. The van der Waals surface area contributed by atoms with E-state index in [4.69, 9.17) is 4.52 Å². The molecule has 23 heavy (non-hydrogen) atoms. The van der Waals surface area contributed by atoms with E-state index >= 15 is 0 Å². The molecule has 1 fully saturated rings. The van der Waals surface area contributed by atoms with Crippen LogP contribution in [0.2, 0.25) is 0 Å². The van der Waals surface area contributed by atoms with Gasteiger partial charge in [-0.1, -0.05) is 5.16 Å². The molecule has 7 heteroatoms. The van der Waals surface area contributed by atoms with Crippen molar-refractivity contribution < 1.29 is 9.32 Å². The Morgan fingerprint density at radius 2 is 2.17 bits per heavy atom. The number of nitrogens with one attached hydrogen (secondary N) is 1. The summed E-state index contributed by atoms with van der Waals surface area (Å²) >= 11 is 1.82. The van der Waals surface area contributed by atoms with Crippen LogP contribution in [0.1, 0.15) is 67.0 Å². The minimum atomic E-state index is -0.231. The van der Waals surface area contributed by atoms with Gasteiger partial charge in [-0.15, -0.1) is 0 Å². The van der Waals surface area contributed by atoms with Crippen LogP contribution < -0.4 is 5.32 Å². The fourth-order valence-electron chi connectivity index (χ4n) is 2.75. The number of thioether (sulfide) groups is 1. The lowest BCUT2D eigenvalue weighted by Gasteiger charge is -2.23. The molecule has 122 valence electrons.